The van der Waals surface area contributed by atoms with E-state index in [-0.39, 0.29) is 47.8 Å². The zero-order valence-corrected chi connectivity index (χ0v) is 19.5. The molecule has 3 aromatic rings. The minimum atomic E-state index is -4.63. The number of cyclic esters (lactones) is 1. The summed E-state index contributed by atoms with van der Waals surface area (Å²) in [4.78, 5) is 51.7. The second-order valence-corrected chi connectivity index (χ2v) is 8.91. The van der Waals surface area contributed by atoms with Crippen LogP contribution in [-0.4, -0.2) is 39.5 Å². The van der Waals surface area contributed by atoms with Crippen LogP contribution in [0.5, 0.6) is 0 Å². The molecule has 1 aliphatic carbocycles. The monoisotopic (exact) mass is 535 g/mol. The molecule has 2 aromatic carbocycles. The Hall–Kier alpha value is -4.06. The maximum atomic E-state index is 13.5. The molecule has 1 atom stereocenters. The number of rotatable bonds is 4. The molecule has 0 unspecified atom stereocenters. The molecule has 0 saturated carbocycles. The SMILES string of the molecule is O=C(O)c1cn(-c2ccc(N3CCOC3=O)c(Cl)c2)c(=O)n([C@@H]2CCc3c2cccc3C(F)(F)F)c1=O. The Balaban J connectivity index is 1.67. The number of fused-ring (bicyclic) bond motifs is 1. The minimum Gasteiger partial charge on any atom is -0.477 e. The van der Waals surface area contributed by atoms with Gasteiger partial charge in [-0.05, 0) is 48.2 Å². The maximum absolute atomic E-state index is 13.5. The largest absolute Gasteiger partial charge is 0.477 e. The molecular weight excluding hydrogens is 519 g/mol. The van der Waals surface area contributed by atoms with Gasteiger partial charge < -0.3 is 9.84 Å². The zero-order valence-electron chi connectivity index (χ0n) is 18.8. The molecule has 0 radical (unpaired) electrons. The van der Waals surface area contributed by atoms with E-state index in [1.54, 1.807) is 0 Å². The van der Waals surface area contributed by atoms with Crippen LogP contribution in [0.1, 0.15) is 39.5 Å². The Morgan fingerprint density at radius 1 is 1.14 bits per heavy atom. The van der Waals surface area contributed by atoms with Crippen molar-refractivity contribution in [3.05, 3.63) is 90.7 Å². The van der Waals surface area contributed by atoms with Gasteiger partial charge in [0.1, 0.15) is 12.2 Å². The van der Waals surface area contributed by atoms with E-state index < -0.39 is 46.7 Å². The molecule has 1 saturated heterocycles. The summed E-state index contributed by atoms with van der Waals surface area (Å²) >= 11 is 6.35. The summed E-state index contributed by atoms with van der Waals surface area (Å²) in [7, 11) is 0. The number of ether oxygens (including phenoxy) is 1. The molecule has 0 bridgehead atoms. The highest BCUT2D eigenvalue weighted by molar-refractivity contribution is 6.34. The van der Waals surface area contributed by atoms with Crippen molar-refractivity contribution in [2.45, 2.75) is 25.1 Å². The van der Waals surface area contributed by atoms with Gasteiger partial charge in [-0.25, -0.2) is 14.4 Å². The fraction of sp³-hybridized carbons (Fsp3) is 0.250. The summed E-state index contributed by atoms with van der Waals surface area (Å²) in [5.74, 6) is -1.61. The van der Waals surface area contributed by atoms with Crippen LogP contribution in [0.2, 0.25) is 5.02 Å². The quantitative estimate of drug-likeness (QED) is 0.543. The topological polar surface area (TPSA) is 111 Å². The number of hydrogen-bond acceptors (Lipinski definition) is 5. The molecule has 9 nitrogen and oxygen atoms in total. The van der Waals surface area contributed by atoms with E-state index in [1.165, 1.54) is 35.2 Å². The summed E-state index contributed by atoms with van der Waals surface area (Å²) in [5, 5.41) is 9.71. The van der Waals surface area contributed by atoms with Crippen LogP contribution >= 0.6 is 11.6 Å². The zero-order chi connectivity index (χ0) is 26.6. The van der Waals surface area contributed by atoms with Crippen molar-refractivity contribution < 1.29 is 32.6 Å². The molecule has 1 aliphatic heterocycles. The van der Waals surface area contributed by atoms with Gasteiger partial charge in [-0.15, -0.1) is 0 Å². The van der Waals surface area contributed by atoms with Crippen LogP contribution in [0.15, 0.2) is 52.2 Å². The Morgan fingerprint density at radius 3 is 2.51 bits per heavy atom. The van der Waals surface area contributed by atoms with Crippen LogP contribution in [0.4, 0.5) is 23.7 Å². The number of halogens is 4. The van der Waals surface area contributed by atoms with Gasteiger partial charge >= 0.3 is 23.9 Å². The lowest BCUT2D eigenvalue weighted by Crippen LogP contribution is -2.43. The lowest BCUT2D eigenvalue weighted by molar-refractivity contribution is -0.138. The molecule has 13 heteroatoms. The first-order valence-corrected chi connectivity index (χ1v) is 11.4. The van der Waals surface area contributed by atoms with Gasteiger partial charge in [0.05, 0.1) is 34.5 Å². The van der Waals surface area contributed by atoms with Crippen LogP contribution in [0, 0.1) is 0 Å². The fourth-order valence-electron chi connectivity index (χ4n) is 4.82. The van der Waals surface area contributed by atoms with E-state index in [0.29, 0.717) is 10.3 Å². The number of carbonyl (C=O) groups is 2. The Labute approximate surface area is 210 Å². The van der Waals surface area contributed by atoms with Gasteiger partial charge in [-0.3, -0.25) is 18.8 Å². The van der Waals surface area contributed by atoms with E-state index in [0.717, 1.165) is 16.8 Å². The molecular formula is C24H17ClF3N3O6. The van der Waals surface area contributed by atoms with Crippen LogP contribution in [0.3, 0.4) is 0 Å². The Bertz CT molecular complexity index is 1580. The van der Waals surface area contributed by atoms with Crippen LogP contribution < -0.4 is 16.1 Å². The van der Waals surface area contributed by atoms with Crippen molar-refractivity contribution in [1.82, 2.24) is 9.13 Å². The van der Waals surface area contributed by atoms with Crippen LogP contribution in [0.25, 0.3) is 5.69 Å². The van der Waals surface area contributed by atoms with Crippen molar-refractivity contribution in [3.63, 3.8) is 0 Å². The third-order valence-corrected chi connectivity index (χ3v) is 6.77. The van der Waals surface area contributed by atoms with E-state index in [2.05, 4.69) is 0 Å². The lowest BCUT2D eigenvalue weighted by atomic mass is 10.0. The van der Waals surface area contributed by atoms with E-state index in [1.807, 2.05) is 0 Å². The number of aromatic carboxylic acids is 1. The second kappa shape index (κ2) is 8.80. The predicted molar refractivity (Wildman–Crippen MR) is 125 cm³/mol. The minimum absolute atomic E-state index is 0.00257. The van der Waals surface area contributed by atoms with Crippen molar-refractivity contribution >= 4 is 29.4 Å². The fourth-order valence-corrected chi connectivity index (χ4v) is 5.10. The number of hydrogen-bond donors (Lipinski definition) is 1. The van der Waals surface area contributed by atoms with Crippen molar-refractivity contribution in [3.8, 4) is 5.69 Å². The van der Waals surface area contributed by atoms with Crippen LogP contribution in [-0.2, 0) is 17.3 Å². The molecule has 0 spiro atoms. The lowest BCUT2D eigenvalue weighted by Gasteiger charge is -2.19. The maximum Gasteiger partial charge on any atom is 0.416 e. The predicted octanol–water partition coefficient (Wildman–Crippen LogP) is 3.86. The smallest absolute Gasteiger partial charge is 0.416 e. The summed E-state index contributed by atoms with van der Waals surface area (Å²) < 4.78 is 47.1. The molecule has 1 fully saturated rings. The van der Waals surface area contributed by atoms with E-state index in [9.17, 15) is 37.5 Å². The first-order valence-electron chi connectivity index (χ1n) is 11.0. The number of benzene rings is 2. The molecule has 5 rings (SSSR count). The van der Waals surface area contributed by atoms with E-state index >= 15 is 0 Å². The number of nitrogens with zero attached hydrogens (tertiary/aromatic N) is 3. The number of carbonyl (C=O) groups excluding carboxylic acids is 1. The molecule has 1 amide bonds. The van der Waals surface area contributed by atoms with Crippen molar-refractivity contribution in [1.29, 1.82) is 0 Å². The first-order chi connectivity index (χ1) is 17.5. The Morgan fingerprint density at radius 2 is 1.89 bits per heavy atom. The number of amides is 1. The highest BCUT2D eigenvalue weighted by atomic mass is 35.5. The van der Waals surface area contributed by atoms with E-state index in [4.69, 9.17) is 16.3 Å². The van der Waals surface area contributed by atoms with Gasteiger partial charge in [0, 0.05) is 6.20 Å². The van der Waals surface area contributed by atoms with Crippen molar-refractivity contribution in [2.24, 2.45) is 0 Å². The molecule has 1 aromatic heterocycles. The molecule has 37 heavy (non-hydrogen) atoms. The van der Waals surface area contributed by atoms with Gasteiger partial charge in [-0.2, -0.15) is 13.2 Å². The second-order valence-electron chi connectivity index (χ2n) is 8.50. The third kappa shape index (κ3) is 4.06. The first kappa shape index (κ1) is 24.6. The van der Waals surface area contributed by atoms with Gasteiger partial charge in [0.2, 0.25) is 0 Å². The van der Waals surface area contributed by atoms with Crippen molar-refractivity contribution in [2.75, 3.05) is 18.1 Å². The average molecular weight is 536 g/mol. The summed E-state index contributed by atoms with van der Waals surface area (Å²) in [6.45, 7) is 0.426. The number of aromatic nitrogens is 2. The summed E-state index contributed by atoms with van der Waals surface area (Å²) in [5.41, 5.74) is -3.21. The number of carboxylic acids is 1. The summed E-state index contributed by atoms with van der Waals surface area (Å²) in [6.07, 6.45) is -4.44. The molecule has 2 heterocycles. The molecule has 1 N–H and O–H groups in total. The summed E-state index contributed by atoms with van der Waals surface area (Å²) in [6, 6.07) is 6.56. The standard InChI is InChI=1S/C24H17ClF3N3O6/c25-17-10-12(4-6-19(17)29-8-9-37-23(29)36)30-11-15(21(33)34)20(32)31(22(30)35)18-7-5-13-14(18)2-1-3-16(13)24(26,27)28/h1-4,6,10-11,18H,5,7-9H2,(H,33,34)/t18-/m1/s1. The third-order valence-electron chi connectivity index (χ3n) is 6.47. The Kier molecular flexibility index (Phi) is 5.86. The van der Waals surface area contributed by atoms with Gasteiger partial charge in [-0.1, -0.05) is 23.7 Å². The normalized spacial score (nSPS) is 17.1. The number of carboxylic acid groups (broad SMARTS) is 1. The number of alkyl halides is 3. The average Bonchev–Trinajstić information content (AvgIpc) is 3.44. The van der Waals surface area contributed by atoms with Gasteiger partial charge in [0.25, 0.3) is 5.56 Å². The molecule has 192 valence electrons. The van der Waals surface area contributed by atoms with Gasteiger partial charge in [0.15, 0.2) is 0 Å². The highest BCUT2D eigenvalue weighted by Gasteiger charge is 2.38. The highest BCUT2D eigenvalue weighted by Crippen LogP contribution is 2.41. The number of anilines is 1. The molecule has 2 aliphatic rings.